The third-order valence-electron chi connectivity index (χ3n) is 4.12. The second-order valence-electron chi connectivity index (χ2n) is 6.00. The molecule has 0 spiro atoms. The molecule has 4 rings (SSSR count). The van der Waals surface area contributed by atoms with E-state index in [2.05, 4.69) is 10.1 Å². The number of thioether (sulfide) groups is 1. The minimum absolute atomic E-state index is 0.0237. The highest BCUT2D eigenvalue weighted by molar-refractivity contribution is 8.42. The maximum Gasteiger partial charge on any atom is 0.283 e. The molecular weight excluding hydrogens is 419 g/mol. The number of halogens is 1. The van der Waals surface area contributed by atoms with Gasteiger partial charge in [0.25, 0.3) is 5.91 Å². The number of hydrogen-bond donors (Lipinski definition) is 1. The summed E-state index contributed by atoms with van der Waals surface area (Å²) in [7, 11) is -3.59. The SMILES string of the molecule is CCS(=O)(=O)C1=NN2C(=N)/C(=C\c3ccc(-c4ccc(F)cc4)o3)C(=O)N=C2S1. The third-order valence-corrected chi connectivity index (χ3v) is 7.21. The normalized spacial score (nSPS) is 18.1. The molecule has 2 aromatic rings. The molecular formula is C18H13FN4O4S2. The summed E-state index contributed by atoms with van der Waals surface area (Å²) in [5, 5.41) is 13.2. The lowest BCUT2D eigenvalue weighted by Gasteiger charge is -2.19. The molecule has 2 aliphatic heterocycles. The zero-order valence-corrected chi connectivity index (χ0v) is 16.6. The van der Waals surface area contributed by atoms with Gasteiger partial charge in [-0.3, -0.25) is 10.2 Å². The molecule has 0 radical (unpaired) electrons. The number of nitrogens with one attached hydrogen (secondary N) is 1. The summed E-state index contributed by atoms with van der Waals surface area (Å²) in [6.45, 7) is 1.48. The first kappa shape index (κ1) is 19.3. The lowest BCUT2D eigenvalue weighted by atomic mass is 10.1. The summed E-state index contributed by atoms with van der Waals surface area (Å²) < 4.78 is 42.6. The van der Waals surface area contributed by atoms with Crippen LogP contribution in [0.25, 0.3) is 17.4 Å². The maximum absolute atomic E-state index is 13.1. The molecule has 0 atom stereocenters. The number of hydrogen-bond acceptors (Lipinski definition) is 7. The predicted molar refractivity (Wildman–Crippen MR) is 109 cm³/mol. The average Bonchev–Trinajstić information content (AvgIpc) is 3.33. The van der Waals surface area contributed by atoms with Crippen LogP contribution in [0.1, 0.15) is 12.7 Å². The fourth-order valence-electron chi connectivity index (χ4n) is 2.57. The van der Waals surface area contributed by atoms with Gasteiger partial charge < -0.3 is 4.42 Å². The van der Waals surface area contributed by atoms with Gasteiger partial charge in [0.15, 0.2) is 5.84 Å². The molecule has 11 heteroatoms. The van der Waals surface area contributed by atoms with Gasteiger partial charge in [0.05, 0.1) is 11.3 Å². The molecule has 0 aliphatic carbocycles. The molecule has 2 aliphatic rings. The van der Waals surface area contributed by atoms with Crippen molar-refractivity contribution in [3.8, 4) is 11.3 Å². The van der Waals surface area contributed by atoms with Crippen molar-refractivity contribution in [2.45, 2.75) is 6.92 Å². The molecule has 0 fully saturated rings. The number of furan rings is 1. The number of nitrogens with zero attached hydrogens (tertiary/aromatic N) is 3. The Labute approximate surface area is 169 Å². The second-order valence-corrected chi connectivity index (χ2v) is 9.41. The molecule has 0 unspecified atom stereocenters. The number of amidine groups is 2. The van der Waals surface area contributed by atoms with Gasteiger partial charge in [-0.1, -0.05) is 6.92 Å². The molecule has 0 saturated heterocycles. The lowest BCUT2D eigenvalue weighted by molar-refractivity contribution is -0.114. The quantitative estimate of drug-likeness (QED) is 0.745. The summed E-state index contributed by atoms with van der Waals surface area (Å²) in [4.78, 5) is 16.2. The van der Waals surface area contributed by atoms with Gasteiger partial charge in [-0.05, 0) is 54.2 Å². The van der Waals surface area contributed by atoms with Crippen molar-refractivity contribution in [1.82, 2.24) is 5.01 Å². The van der Waals surface area contributed by atoms with E-state index in [9.17, 15) is 17.6 Å². The molecule has 148 valence electrons. The minimum atomic E-state index is -3.59. The lowest BCUT2D eigenvalue weighted by Crippen LogP contribution is -2.35. The number of hydrazone groups is 1. The van der Waals surface area contributed by atoms with Gasteiger partial charge in [0.2, 0.25) is 19.4 Å². The average molecular weight is 432 g/mol. The van der Waals surface area contributed by atoms with Crippen LogP contribution >= 0.6 is 11.8 Å². The topological polar surface area (TPSA) is 116 Å². The molecule has 0 saturated carbocycles. The van der Waals surface area contributed by atoms with E-state index in [4.69, 9.17) is 9.83 Å². The Balaban J connectivity index is 1.65. The van der Waals surface area contributed by atoms with Gasteiger partial charge in [-0.25, -0.2) is 12.8 Å². The van der Waals surface area contributed by atoms with Crippen LogP contribution in [0.5, 0.6) is 0 Å². The number of amides is 1. The number of carbonyl (C=O) groups is 1. The Bertz CT molecular complexity index is 1230. The molecule has 0 bridgehead atoms. The molecule has 3 heterocycles. The van der Waals surface area contributed by atoms with Crippen LogP contribution in [0.3, 0.4) is 0 Å². The zero-order valence-electron chi connectivity index (χ0n) is 14.9. The van der Waals surface area contributed by atoms with Crippen LogP contribution in [0.4, 0.5) is 4.39 Å². The van der Waals surface area contributed by atoms with Crippen LogP contribution in [0, 0.1) is 11.2 Å². The van der Waals surface area contributed by atoms with Crippen molar-refractivity contribution < 1.29 is 22.0 Å². The van der Waals surface area contributed by atoms with Crippen molar-refractivity contribution in [1.29, 1.82) is 5.41 Å². The van der Waals surface area contributed by atoms with Crippen molar-refractivity contribution in [2.75, 3.05) is 5.75 Å². The Morgan fingerprint density at radius 3 is 2.66 bits per heavy atom. The number of fused-ring (bicyclic) bond motifs is 1. The van der Waals surface area contributed by atoms with E-state index in [-0.39, 0.29) is 38.3 Å². The number of carbonyl (C=O) groups excluding carboxylic acids is 1. The Hall–Kier alpha value is -3.05. The number of aliphatic imine (C=N–C) groups is 1. The van der Waals surface area contributed by atoms with Crippen LogP contribution < -0.4 is 0 Å². The largest absolute Gasteiger partial charge is 0.457 e. The molecule has 1 aromatic heterocycles. The van der Waals surface area contributed by atoms with Crippen molar-refractivity contribution in [2.24, 2.45) is 10.1 Å². The summed E-state index contributed by atoms with van der Waals surface area (Å²) in [6, 6.07) is 8.97. The molecule has 29 heavy (non-hydrogen) atoms. The first-order chi connectivity index (χ1) is 13.8. The monoisotopic (exact) mass is 432 g/mol. The summed E-state index contributed by atoms with van der Waals surface area (Å²) in [5.74, 6) is -0.767. The van der Waals surface area contributed by atoms with Crippen LogP contribution in [0.2, 0.25) is 0 Å². The first-order valence-electron chi connectivity index (χ1n) is 8.37. The minimum Gasteiger partial charge on any atom is -0.457 e. The number of benzene rings is 1. The predicted octanol–water partition coefficient (Wildman–Crippen LogP) is 3.10. The van der Waals surface area contributed by atoms with E-state index in [1.54, 1.807) is 24.3 Å². The Morgan fingerprint density at radius 1 is 1.24 bits per heavy atom. The first-order valence-corrected chi connectivity index (χ1v) is 10.8. The van der Waals surface area contributed by atoms with E-state index in [1.165, 1.54) is 25.1 Å². The van der Waals surface area contributed by atoms with E-state index in [0.29, 0.717) is 11.3 Å². The highest BCUT2D eigenvalue weighted by Crippen LogP contribution is 2.31. The van der Waals surface area contributed by atoms with Crippen LogP contribution in [-0.2, 0) is 14.6 Å². The number of sulfone groups is 1. The Kier molecular flexibility index (Phi) is 4.71. The highest BCUT2D eigenvalue weighted by Gasteiger charge is 2.39. The van der Waals surface area contributed by atoms with E-state index in [0.717, 1.165) is 16.8 Å². The fraction of sp³-hybridized carbons (Fsp3) is 0.111. The smallest absolute Gasteiger partial charge is 0.283 e. The van der Waals surface area contributed by atoms with Gasteiger partial charge in [0.1, 0.15) is 17.3 Å². The Morgan fingerprint density at radius 2 is 1.97 bits per heavy atom. The highest BCUT2D eigenvalue weighted by atomic mass is 32.3. The maximum atomic E-state index is 13.1. The van der Waals surface area contributed by atoms with Gasteiger partial charge in [-0.2, -0.15) is 10.0 Å². The van der Waals surface area contributed by atoms with Gasteiger partial charge in [0, 0.05) is 5.56 Å². The van der Waals surface area contributed by atoms with Crippen LogP contribution in [0.15, 0.2) is 56.5 Å². The van der Waals surface area contributed by atoms with E-state index in [1.807, 2.05) is 0 Å². The summed E-state index contributed by atoms with van der Waals surface area (Å²) in [5.41, 5.74) is 0.560. The van der Waals surface area contributed by atoms with Gasteiger partial charge in [-0.15, -0.1) is 5.10 Å². The van der Waals surface area contributed by atoms with Gasteiger partial charge >= 0.3 is 0 Å². The standard InChI is InChI=1S/C18H13FN4O4S2/c1-2-29(25,26)18-22-23-15(20)13(16(24)21-17(23)28-18)9-12-7-8-14(27-12)10-3-5-11(19)6-4-10/h3-9,20H,2H2,1H3/b13-9+,20-15?. The summed E-state index contributed by atoms with van der Waals surface area (Å²) in [6.07, 6.45) is 1.34. The zero-order chi connectivity index (χ0) is 20.8. The fourth-order valence-corrected chi connectivity index (χ4v) is 4.73. The van der Waals surface area contributed by atoms with Crippen molar-refractivity contribution in [3.05, 3.63) is 53.5 Å². The van der Waals surface area contributed by atoms with Crippen LogP contribution in [-0.4, -0.2) is 40.5 Å². The number of rotatable bonds is 3. The van der Waals surface area contributed by atoms with E-state index >= 15 is 0 Å². The molecule has 1 amide bonds. The van der Waals surface area contributed by atoms with E-state index < -0.39 is 15.7 Å². The van der Waals surface area contributed by atoms with Crippen molar-refractivity contribution >= 4 is 49.0 Å². The second kappa shape index (κ2) is 7.08. The molecule has 1 N–H and O–H groups in total. The molecule has 8 nitrogen and oxygen atoms in total. The third kappa shape index (κ3) is 3.54. The molecule has 1 aromatic carbocycles. The van der Waals surface area contributed by atoms with Crippen molar-refractivity contribution in [3.63, 3.8) is 0 Å². The summed E-state index contributed by atoms with van der Waals surface area (Å²) >= 11 is 0.739.